The van der Waals surface area contributed by atoms with Crippen LogP contribution in [-0.4, -0.2) is 16.0 Å². The SMILES string of the molecule is Cc1ccc(-c2ccccc2C(=O)Nc2oc(-c3ccc(S)cc3)nc2-c2ccccc2)c(O)c1. The molecule has 0 bridgehead atoms. The highest BCUT2D eigenvalue weighted by molar-refractivity contribution is 7.80. The van der Waals surface area contributed by atoms with Crippen molar-refractivity contribution in [2.24, 2.45) is 0 Å². The van der Waals surface area contributed by atoms with E-state index in [1.54, 1.807) is 18.2 Å². The molecular weight excluding hydrogens is 456 g/mol. The Hall–Kier alpha value is -4.29. The number of carbonyl (C=O) groups is 1. The molecule has 0 aliphatic rings. The molecule has 5 rings (SSSR count). The lowest BCUT2D eigenvalue weighted by molar-refractivity contribution is 0.102. The van der Waals surface area contributed by atoms with Crippen LogP contribution >= 0.6 is 12.6 Å². The van der Waals surface area contributed by atoms with E-state index in [2.05, 4.69) is 22.9 Å². The summed E-state index contributed by atoms with van der Waals surface area (Å²) >= 11 is 4.34. The summed E-state index contributed by atoms with van der Waals surface area (Å²) in [5.41, 5.74) is 4.64. The Morgan fingerprint density at radius 2 is 1.57 bits per heavy atom. The predicted octanol–water partition coefficient (Wildman–Crippen LogP) is 7.23. The first-order chi connectivity index (χ1) is 17.0. The number of hydrogen-bond donors (Lipinski definition) is 3. The molecule has 2 N–H and O–H groups in total. The molecule has 4 aromatic carbocycles. The minimum atomic E-state index is -0.369. The number of amides is 1. The number of nitrogens with one attached hydrogen (secondary N) is 1. The van der Waals surface area contributed by atoms with Crippen LogP contribution in [-0.2, 0) is 0 Å². The van der Waals surface area contributed by atoms with Crippen LogP contribution in [0.15, 0.2) is 106 Å². The van der Waals surface area contributed by atoms with Crippen LogP contribution in [0.1, 0.15) is 15.9 Å². The molecule has 35 heavy (non-hydrogen) atoms. The van der Waals surface area contributed by atoms with Gasteiger partial charge in [0.25, 0.3) is 5.91 Å². The Labute approximate surface area is 208 Å². The van der Waals surface area contributed by atoms with Crippen LogP contribution in [0.3, 0.4) is 0 Å². The van der Waals surface area contributed by atoms with Crippen molar-refractivity contribution < 1.29 is 14.3 Å². The van der Waals surface area contributed by atoms with Gasteiger partial charge in [0.1, 0.15) is 11.4 Å². The molecule has 0 spiro atoms. The van der Waals surface area contributed by atoms with Gasteiger partial charge in [0.2, 0.25) is 11.8 Å². The van der Waals surface area contributed by atoms with Crippen LogP contribution in [0.5, 0.6) is 5.75 Å². The highest BCUT2D eigenvalue weighted by atomic mass is 32.1. The number of rotatable bonds is 5. The average molecular weight is 479 g/mol. The van der Waals surface area contributed by atoms with Gasteiger partial charge < -0.3 is 9.52 Å². The number of thiol groups is 1. The van der Waals surface area contributed by atoms with Crippen LogP contribution in [0.25, 0.3) is 33.8 Å². The second-order valence-electron chi connectivity index (χ2n) is 8.13. The lowest BCUT2D eigenvalue weighted by Crippen LogP contribution is -2.13. The van der Waals surface area contributed by atoms with E-state index in [0.717, 1.165) is 21.6 Å². The number of aryl methyl sites for hydroxylation is 1. The molecule has 0 saturated carbocycles. The first-order valence-electron chi connectivity index (χ1n) is 11.1. The number of benzene rings is 4. The molecule has 0 fully saturated rings. The molecule has 172 valence electrons. The van der Waals surface area contributed by atoms with E-state index in [1.807, 2.05) is 85.8 Å². The molecule has 0 saturated heterocycles. The largest absolute Gasteiger partial charge is 0.507 e. The second-order valence-corrected chi connectivity index (χ2v) is 8.65. The highest BCUT2D eigenvalue weighted by Gasteiger charge is 2.21. The smallest absolute Gasteiger partial charge is 0.258 e. The molecule has 5 nitrogen and oxygen atoms in total. The van der Waals surface area contributed by atoms with Gasteiger partial charge in [0, 0.05) is 27.1 Å². The topological polar surface area (TPSA) is 75.4 Å². The van der Waals surface area contributed by atoms with Gasteiger partial charge in [-0.05, 0) is 54.4 Å². The summed E-state index contributed by atoms with van der Waals surface area (Å²) < 4.78 is 6.05. The molecule has 0 aliphatic heterocycles. The number of hydrogen-bond acceptors (Lipinski definition) is 5. The number of nitrogens with zero attached hydrogens (tertiary/aromatic N) is 1. The number of oxazole rings is 1. The number of carbonyl (C=O) groups excluding carboxylic acids is 1. The van der Waals surface area contributed by atoms with Crippen molar-refractivity contribution in [3.05, 3.63) is 108 Å². The van der Waals surface area contributed by atoms with Gasteiger partial charge in [0.05, 0.1) is 0 Å². The lowest BCUT2D eigenvalue weighted by Gasteiger charge is -2.11. The normalized spacial score (nSPS) is 10.8. The summed E-state index contributed by atoms with van der Waals surface area (Å²) in [6.45, 7) is 1.90. The van der Waals surface area contributed by atoms with Crippen molar-refractivity contribution in [3.8, 4) is 39.6 Å². The molecule has 1 heterocycles. The summed E-state index contributed by atoms with van der Waals surface area (Å²) in [5, 5.41) is 13.4. The fourth-order valence-electron chi connectivity index (χ4n) is 3.88. The molecule has 5 aromatic rings. The van der Waals surface area contributed by atoms with Crippen molar-refractivity contribution >= 4 is 24.4 Å². The van der Waals surface area contributed by atoms with Crippen molar-refractivity contribution in [1.29, 1.82) is 0 Å². The fourth-order valence-corrected chi connectivity index (χ4v) is 4.03. The first-order valence-corrected chi connectivity index (χ1v) is 11.5. The van der Waals surface area contributed by atoms with Gasteiger partial charge in [-0.2, -0.15) is 0 Å². The lowest BCUT2D eigenvalue weighted by atomic mass is 9.97. The van der Waals surface area contributed by atoms with E-state index in [0.29, 0.717) is 28.3 Å². The summed E-state index contributed by atoms with van der Waals surface area (Å²) in [7, 11) is 0. The molecule has 1 amide bonds. The number of aromatic hydroxyl groups is 1. The van der Waals surface area contributed by atoms with Gasteiger partial charge in [0.15, 0.2) is 0 Å². The van der Waals surface area contributed by atoms with Gasteiger partial charge >= 0.3 is 0 Å². The standard InChI is InChI=1S/C29H22N2O3S/c1-18-11-16-23(25(32)17-18)22-9-5-6-10-24(22)27(33)31-29-26(19-7-3-2-4-8-19)30-28(34-29)20-12-14-21(35)15-13-20/h2-17,32,35H,1H3,(H,31,33). The maximum atomic E-state index is 13.5. The van der Waals surface area contributed by atoms with E-state index in [9.17, 15) is 9.90 Å². The average Bonchev–Trinajstić information content (AvgIpc) is 3.29. The predicted molar refractivity (Wildman–Crippen MR) is 141 cm³/mol. The quantitative estimate of drug-likeness (QED) is 0.233. The Balaban J connectivity index is 1.55. The fraction of sp³-hybridized carbons (Fsp3) is 0.0345. The van der Waals surface area contributed by atoms with Crippen LogP contribution in [0.2, 0.25) is 0 Å². The maximum absolute atomic E-state index is 13.5. The van der Waals surface area contributed by atoms with E-state index < -0.39 is 0 Å². The highest BCUT2D eigenvalue weighted by Crippen LogP contribution is 2.35. The molecule has 0 aliphatic carbocycles. The van der Waals surface area contributed by atoms with Crippen LogP contribution in [0.4, 0.5) is 5.88 Å². The molecule has 0 atom stereocenters. The Kier molecular flexibility index (Phi) is 6.12. The third-order valence-electron chi connectivity index (χ3n) is 5.63. The molecule has 0 unspecified atom stereocenters. The van der Waals surface area contributed by atoms with Crippen molar-refractivity contribution in [1.82, 2.24) is 4.98 Å². The molecular formula is C29H22N2O3S. The van der Waals surface area contributed by atoms with Gasteiger partial charge in [-0.3, -0.25) is 10.1 Å². The Morgan fingerprint density at radius 1 is 0.857 bits per heavy atom. The second kappa shape index (κ2) is 9.52. The van der Waals surface area contributed by atoms with Crippen LogP contribution < -0.4 is 5.32 Å². The van der Waals surface area contributed by atoms with E-state index in [-0.39, 0.29) is 17.5 Å². The van der Waals surface area contributed by atoms with Crippen molar-refractivity contribution in [2.45, 2.75) is 11.8 Å². The van der Waals surface area contributed by atoms with Crippen molar-refractivity contribution in [3.63, 3.8) is 0 Å². The maximum Gasteiger partial charge on any atom is 0.258 e. The zero-order valence-electron chi connectivity index (χ0n) is 18.9. The number of phenolic OH excluding ortho intramolecular Hbond substituents is 1. The van der Waals surface area contributed by atoms with E-state index in [4.69, 9.17) is 4.42 Å². The summed E-state index contributed by atoms with van der Waals surface area (Å²) in [4.78, 5) is 19.0. The van der Waals surface area contributed by atoms with E-state index in [1.165, 1.54) is 0 Å². The summed E-state index contributed by atoms with van der Waals surface area (Å²) in [6.07, 6.45) is 0. The minimum Gasteiger partial charge on any atom is -0.507 e. The van der Waals surface area contributed by atoms with Crippen molar-refractivity contribution in [2.75, 3.05) is 5.32 Å². The minimum absolute atomic E-state index is 0.116. The van der Waals surface area contributed by atoms with Gasteiger partial charge in [-0.1, -0.05) is 60.7 Å². The zero-order chi connectivity index (χ0) is 24.4. The molecule has 6 heteroatoms. The monoisotopic (exact) mass is 478 g/mol. The summed E-state index contributed by atoms with van der Waals surface area (Å²) in [6, 6.07) is 29.5. The van der Waals surface area contributed by atoms with Gasteiger partial charge in [-0.15, -0.1) is 12.6 Å². The first kappa shape index (κ1) is 22.5. The number of phenols is 1. The number of anilines is 1. The third-order valence-corrected chi connectivity index (χ3v) is 5.93. The molecule has 0 radical (unpaired) electrons. The summed E-state index contributed by atoms with van der Waals surface area (Å²) in [5.74, 6) is 0.377. The molecule has 1 aromatic heterocycles. The zero-order valence-corrected chi connectivity index (χ0v) is 19.8. The van der Waals surface area contributed by atoms with E-state index >= 15 is 0 Å². The van der Waals surface area contributed by atoms with Gasteiger partial charge in [-0.25, -0.2) is 4.98 Å². The number of aromatic nitrogens is 1. The third kappa shape index (κ3) is 4.69. The Morgan fingerprint density at radius 3 is 2.31 bits per heavy atom. The Bertz CT molecular complexity index is 1510. The van der Waals surface area contributed by atoms with Crippen LogP contribution in [0, 0.1) is 6.92 Å².